The van der Waals surface area contributed by atoms with Crippen LogP contribution in [-0.2, 0) is 4.79 Å². The van der Waals surface area contributed by atoms with E-state index in [1.807, 2.05) is 0 Å². The van der Waals surface area contributed by atoms with Crippen LogP contribution < -0.4 is 0 Å². The normalized spacial score (nSPS) is 20.1. The van der Waals surface area contributed by atoms with Crippen LogP contribution in [0.4, 0.5) is 22.0 Å². The second-order valence-corrected chi connectivity index (χ2v) is 4.75. The van der Waals surface area contributed by atoms with Crippen molar-refractivity contribution in [1.82, 2.24) is 0 Å². The van der Waals surface area contributed by atoms with Gasteiger partial charge in [0.2, 0.25) is 0 Å². The van der Waals surface area contributed by atoms with Crippen molar-refractivity contribution >= 4 is 5.97 Å². The predicted molar refractivity (Wildman–Crippen MR) is 55.4 cm³/mol. The molecule has 1 unspecified atom stereocenters. The molecule has 0 spiro atoms. The zero-order valence-corrected chi connectivity index (χ0v) is 10.7. The third-order valence-corrected chi connectivity index (χ3v) is 3.90. The first kappa shape index (κ1) is 17.1. The number of carboxylic acid groups (broad SMARTS) is 1. The van der Waals surface area contributed by atoms with Gasteiger partial charge in [0.25, 0.3) is 5.92 Å². The molecule has 7 heteroatoms. The van der Waals surface area contributed by atoms with Gasteiger partial charge >= 0.3 is 12.1 Å². The quantitative estimate of drug-likeness (QED) is 0.767. The maximum Gasteiger partial charge on any atom is 0.400 e. The van der Waals surface area contributed by atoms with Gasteiger partial charge in [-0.2, -0.15) is 13.2 Å². The van der Waals surface area contributed by atoms with Gasteiger partial charge in [-0.05, 0) is 26.7 Å². The van der Waals surface area contributed by atoms with Crippen LogP contribution in [0.3, 0.4) is 0 Å². The summed E-state index contributed by atoms with van der Waals surface area (Å²) in [5.74, 6) is -6.34. The lowest BCUT2D eigenvalue weighted by Gasteiger charge is -2.45. The molecule has 0 saturated carbocycles. The zero-order chi connectivity index (χ0) is 15.0. The van der Waals surface area contributed by atoms with Crippen molar-refractivity contribution in [2.45, 2.75) is 52.6 Å². The topological polar surface area (TPSA) is 37.3 Å². The van der Waals surface area contributed by atoms with Gasteiger partial charge in [-0.1, -0.05) is 13.8 Å². The predicted octanol–water partition coefficient (Wildman–Crippen LogP) is 4.10. The smallest absolute Gasteiger partial charge is 0.400 e. The molecule has 0 amide bonds. The van der Waals surface area contributed by atoms with E-state index in [1.165, 1.54) is 0 Å². The Hall–Kier alpha value is -0.880. The van der Waals surface area contributed by atoms with Crippen molar-refractivity contribution in [3.05, 3.63) is 0 Å². The van der Waals surface area contributed by atoms with Crippen LogP contribution in [0.15, 0.2) is 0 Å². The molecule has 2 atom stereocenters. The van der Waals surface area contributed by atoms with Gasteiger partial charge in [0.1, 0.15) is 10.8 Å². The summed E-state index contributed by atoms with van der Waals surface area (Å²) in [6, 6.07) is 0. The van der Waals surface area contributed by atoms with Crippen molar-refractivity contribution in [3.8, 4) is 0 Å². The summed E-state index contributed by atoms with van der Waals surface area (Å²) in [7, 11) is 0. The Morgan fingerprint density at radius 1 is 1.00 bits per heavy atom. The Bertz CT molecular complexity index is 326. The third kappa shape index (κ3) is 2.07. The Morgan fingerprint density at radius 2 is 1.39 bits per heavy atom. The minimum atomic E-state index is -5.18. The van der Waals surface area contributed by atoms with Crippen LogP contribution in [0, 0.1) is 10.8 Å². The number of carbonyl (C=O) groups is 1. The number of hydrogen-bond acceptors (Lipinski definition) is 1. The van der Waals surface area contributed by atoms with Gasteiger partial charge in [-0.15, -0.1) is 0 Å². The lowest BCUT2D eigenvalue weighted by molar-refractivity contribution is -0.320. The largest absolute Gasteiger partial charge is 0.481 e. The highest BCUT2D eigenvalue weighted by atomic mass is 19.4. The van der Waals surface area contributed by atoms with Crippen molar-refractivity contribution < 1.29 is 31.9 Å². The first-order chi connectivity index (χ1) is 7.81. The van der Waals surface area contributed by atoms with Crippen molar-refractivity contribution in [2.75, 3.05) is 0 Å². The molecular weight excluding hydrogens is 259 g/mol. The summed E-state index contributed by atoms with van der Waals surface area (Å²) in [6.07, 6.45) is -6.68. The molecule has 0 bridgehead atoms. The number of alkyl halides is 5. The summed E-state index contributed by atoms with van der Waals surface area (Å²) < 4.78 is 66.9. The van der Waals surface area contributed by atoms with E-state index < -0.39 is 41.7 Å². The number of hydrogen-bond donors (Lipinski definition) is 1. The van der Waals surface area contributed by atoms with Crippen LogP contribution in [0.1, 0.15) is 40.5 Å². The highest BCUT2D eigenvalue weighted by molar-refractivity contribution is 5.75. The zero-order valence-electron chi connectivity index (χ0n) is 10.7. The van der Waals surface area contributed by atoms with Crippen LogP contribution in [0.2, 0.25) is 0 Å². The van der Waals surface area contributed by atoms with Crippen LogP contribution in [0.25, 0.3) is 0 Å². The van der Waals surface area contributed by atoms with E-state index in [-0.39, 0.29) is 0 Å². The van der Waals surface area contributed by atoms with Gasteiger partial charge in [-0.3, -0.25) is 4.79 Å². The summed E-state index contributed by atoms with van der Waals surface area (Å²) in [5, 5.41) is 8.85. The first-order valence-electron chi connectivity index (χ1n) is 5.49. The fourth-order valence-electron chi connectivity index (χ4n) is 1.72. The minimum Gasteiger partial charge on any atom is -0.481 e. The average molecular weight is 276 g/mol. The number of aliphatic carboxylic acids is 1. The summed E-state index contributed by atoms with van der Waals surface area (Å²) >= 11 is 0. The van der Waals surface area contributed by atoms with E-state index in [2.05, 4.69) is 0 Å². The summed E-state index contributed by atoms with van der Waals surface area (Å²) in [5.41, 5.74) is -6.13. The van der Waals surface area contributed by atoms with E-state index in [4.69, 9.17) is 5.11 Å². The molecule has 0 radical (unpaired) electrons. The summed E-state index contributed by atoms with van der Waals surface area (Å²) in [6.45, 7) is 3.12. The molecule has 0 aromatic heterocycles. The molecule has 0 saturated heterocycles. The molecule has 108 valence electrons. The third-order valence-electron chi connectivity index (χ3n) is 3.90. The molecule has 0 aromatic rings. The van der Waals surface area contributed by atoms with Gasteiger partial charge < -0.3 is 5.11 Å². The Morgan fingerprint density at radius 3 is 1.56 bits per heavy atom. The Labute approximate surface area is 102 Å². The van der Waals surface area contributed by atoms with Gasteiger partial charge in [0.05, 0.1) is 0 Å². The monoisotopic (exact) mass is 276 g/mol. The van der Waals surface area contributed by atoms with Gasteiger partial charge in [0.15, 0.2) is 0 Å². The molecule has 18 heavy (non-hydrogen) atoms. The molecule has 0 aliphatic carbocycles. The Balaban J connectivity index is 5.96. The number of rotatable bonds is 5. The average Bonchev–Trinajstić information content (AvgIpc) is 2.24. The fraction of sp³-hybridized carbons (Fsp3) is 0.909. The van der Waals surface area contributed by atoms with Crippen molar-refractivity contribution in [2.24, 2.45) is 10.8 Å². The van der Waals surface area contributed by atoms with E-state index >= 15 is 0 Å². The molecule has 0 aromatic carbocycles. The van der Waals surface area contributed by atoms with E-state index in [9.17, 15) is 26.7 Å². The number of halogens is 5. The highest BCUT2D eigenvalue weighted by Gasteiger charge is 2.72. The lowest BCUT2D eigenvalue weighted by atomic mass is 9.66. The van der Waals surface area contributed by atoms with Crippen molar-refractivity contribution in [3.63, 3.8) is 0 Å². The SMILES string of the molecule is CCC(C)(C(F)(F)F)C(F)(F)[C@@](C)(CC)C(=O)O. The van der Waals surface area contributed by atoms with Crippen LogP contribution >= 0.6 is 0 Å². The molecule has 0 rings (SSSR count). The maximum absolute atomic E-state index is 14.2. The van der Waals surface area contributed by atoms with Crippen LogP contribution in [0.5, 0.6) is 0 Å². The molecule has 0 aliphatic heterocycles. The number of carboxylic acids is 1. The molecule has 2 nitrogen and oxygen atoms in total. The van der Waals surface area contributed by atoms with E-state index in [1.54, 1.807) is 0 Å². The summed E-state index contributed by atoms with van der Waals surface area (Å²) in [4.78, 5) is 10.9. The molecule has 0 aliphatic rings. The van der Waals surface area contributed by atoms with E-state index in [0.717, 1.165) is 13.8 Å². The van der Waals surface area contributed by atoms with Gasteiger partial charge in [0, 0.05) is 0 Å². The lowest BCUT2D eigenvalue weighted by Crippen LogP contribution is -2.60. The minimum absolute atomic E-state index is 0.365. The molecule has 0 fully saturated rings. The molecular formula is C11H17F5O2. The molecule has 0 heterocycles. The van der Waals surface area contributed by atoms with E-state index in [0.29, 0.717) is 13.8 Å². The first-order valence-corrected chi connectivity index (χ1v) is 5.49. The second kappa shape index (κ2) is 4.66. The standard InChI is InChI=1S/C11H17F5O2/c1-5-8(3,7(17)18)10(12,13)9(4,6-2)11(14,15)16/h5-6H2,1-4H3,(H,17,18)/t8-,9?/m0/s1. The second-order valence-electron chi connectivity index (χ2n) is 4.75. The maximum atomic E-state index is 14.2. The molecule has 1 N–H and O–H groups in total. The van der Waals surface area contributed by atoms with Gasteiger partial charge in [-0.25, -0.2) is 8.78 Å². The van der Waals surface area contributed by atoms with Crippen LogP contribution in [-0.4, -0.2) is 23.2 Å². The van der Waals surface area contributed by atoms with Crippen molar-refractivity contribution in [1.29, 1.82) is 0 Å². The Kier molecular flexibility index (Phi) is 4.43. The fourth-order valence-corrected chi connectivity index (χ4v) is 1.72. The highest BCUT2D eigenvalue weighted by Crippen LogP contribution is 2.59.